The van der Waals surface area contributed by atoms with Gasteiger partial charge in [0.05, 0.1) is 21.2 Å². The van der Waals surface area contributed by atoms with E-state index in [9.17, 15) is 22.4 Å². The lowest BCUT2D eigenvalue weighted by molar-refractivity contribution is -0.130. The quantitative estimate of drug-likeness (QED) is 0.107. The van der Waals surface area contributed by atoms with Crippen molar-refractivity contribution < 1.29 is 27.1 Å². The molecule has 0 bridgehead atoms. The number of fused-ring (bicyclic) bond motifs is 1. The lowest BCUT2D eigenvalue weighted by Gasteiger charge is -2.37. The third-order valence-corrected chi connectivity index (χ3v) is 11.6. The van der Waals surface area contributed by atoms with E-state index in [4.69, 9.17) is 4.74 Å². The summed E-state index contributed by atoms with van der Waals surface area (Å²) in [7, 11) is -3.79. The molecule has 3 aromatic rings. The summed E-state index contributed by atoms with van der Waals surface area (Å²) in [5.74, 6) is -1.27. The molecule has 0 radical (unpaired) electrons. The average molecular weight is 716 g/mol. The molecule has 1 aliphatic rings. The zero-order chi connectivity index (χ0) is 34.7. The number of rotatable bonds is 16. The minimum absolute atomic E-state index is 0.0130. The van der Waals surface area contributed by atoms with E-state index in [0.717, 1.165) is 44.2 Å². The number of nitrogens with one attached hydrogen (secondary N) is 2. The van der Waals surface area contributed by atoms with Gasteiger partial charge in [-0.3, -0.25) is 9.59 Å². The van der Waals surface area contributed by atoms with E-state index in [2.05, 4.69) is 42.0 Å². The van der Waals surface area contributed by atoms with E-state index in [1.165, 1.54) is 36.0 Å². The number of halogens is 1. The Hall–Kier alpha value is -3.22. The number of ether oxygens (including phenoxy) is 1. The van der Waals surface area contributed by atoms with Crippen LogP contribution < -0.4 is 20.3 Å². The minimum Gasteiger partial charge on any atom is -0.483 e. The van der Waals surface area contributed by atoms with Gasteiger partial charge in [-0.15, -0.1) is 11.8 Å². The van der Waals surface area contributed by atoms with Crippen molar-refractivity contribution in [2.24, 2.45) is 5.41 Å². The molecule has 1 atom stereocenters. The molecule has 48 heavy (non-hydrogen) atoms. The van der Waals surface area contributed by atoms with Crippen LogP contribution in [0.1, 0.15) is 64.0 Å². The van der Waals surface area contributed by atoms with Gasteiger partial charge in [0.2, 0.25) is 5.91 Å². The Bertz CT molecular complexity index is 1650. The highest BCUT2D eigenvalue weighted by molar-refractivity contribution is 7.98. The molecule has 0 unspecified atom stereocenters. The highest BCUT2D eigenvalue weighted by Crippen LogP contribution is 2.47. The topological polar surface area (TPSA) is 105 Å². The molecule has 0 saturated carbocycles. The Morgan fingerprint density at radius 1 is 1.04 bits per heavy atom. The predicted molar refractivity (Wildman–Crippen MR) is 195 cm³/mol. The molecule has 260 valence electrons. The van der Waals surface area contributed by atoms with E-state index in [0.29, 0.717) is 22.9 Å². The minimum atomic E-state index is -3.79. The van der Waals surface area contributed by atoms with E-state index < -0.39 is 45.5 Å². The molecule has 0 spiro atoms. The van der Waals surface area contributed by atoms with Gasteiger partial charge in [-0.2, -0.15) is 12.6 Å². The summed E-state index contributed by atoms with van der Waals surface area (Å²) in [6.45, 7) is 4.53. The lowest BCUT2D eigenvalue weighted by Crippen LogP contribution is -2.43. The summed E-state index contributed by atoms with van der Waals surface area (Å²) < 4.78 is 49.4. The van der Waals surface area contributed by atoms with E-state index in [1.807, 2.05) is 42.7 Å². The highest BCUT2D eigenvalue weighted by atomic mass is 32.2. The maximum absolute atomic E-state index is 14.7. The molecular weight excluding hydrogens is 670 g/mol. The summed E-state index contributed by atoms with van der Waals surface area (Å²) >= 11 is 5.49. The largest absolute Gasteiger partial charge is 0.483 e. The van der Waals surface area contributed by atoms with Crippen LogP contribution in [0.2, 0.25) is 0 Å². The zero-order valence-corrected chi connectivity index (χ0v) is 30.4. The van der Waals surface area contributed by atoms with E-state index >= 15 is 0 Å². The number of sulfone groups is 1. The molecular formula is C36H46FN3O5S3. The molecule has 3 aromatic carbocycles. The number of unbranched alkanes of at least 4 members (excludes halogenated alkanes) is 2. The van der Waals surface area contributed by atoms with Crippen molar-refractivity contribution >= 4 is 57.4 Å². The standard InChI is InChI=1S/C36H46FN3O5S3/c1-4-6-17-36(18-7-5-2)24-40(26-13-9-8-10-14-26)29-21-31(47-3)30(22-32(29)48(43,44)25-36)45-23-33(41)39-34(35(42)38-19-20-46)27-15-11-12-16-28(27)37/h8-16,21-22,34,46H,4-7,17-20,23-25H2,1-3H3,(H,38,42)(H,39,41)/t34-/m1/s1. The van der Waals surface area contributed by atoms with Crippen molar-refractivity contribution in [3.63, 3.8) is 0 Å². The Balaban J connectivity index is 1.70. The molecule has 0 aromatic heterocycles. The van der Waals surface area contributed by atoms with Crippen LogP contribution in [0.15, 0.2) is 76.5 Å². The number of thiol groups is 1. The second kappa shape index (κ2) is 17.4. The van der Waals surface area contributed by atoms with Crippen LogP contribution in [-0.4, -0.2) is 57.7 Å². The lowest BCUT2D eigenvalue weighted by atomic mass is 9.79. The molecule has 0 fully saturated rings. The third-order valence-electron chi connectivity index (χ3n) is 8.60. The van der Waals surface area contributed by atoms with E-state index in [1.54, 1.807) is 6.07 Å². The maximum Gasteiger partial charge on any atom is 0.258 e. The van der Waals surface area contributed by atoms with Crippen LogP contribution in [0.3, 0.4) is 0 Å². The maximum atomic E-state index is 14.7. The predicted octanol–water partition coefficient (Wildman–Crippen LogP) is 7.12. The first-order valence-electron chi connectivity index (χ1n) is 16.4. The van der Waals surface area contributed by atoms with Crippen molar-refractivity contribution in [2.45, 2.75) is 68.2 Å². The second-order valence-corrected chi connectivity index (χ2v) is 15.4. The van der Waals surface area contributed by atoms with Crippen LogP contribution in [0, 0.1) is 11.2 Å². The number of thioether (sulfide) groups is 1. The molecule has 1 aliphatic heterocycles. The van der Waals surface area contributed by atoms with Crippen LogP contribution in [0.5, 0.6) is 5.75 Å². The summed E-state index contributed by atoms with van der Waals surface area (Å²) in [5, 5.41) is 5.23. The summed E-state index contributed by atoms with van der Waals surface area (Å²) in [4.78, 5) is 29.1. The van der Waals surface area contributed by atoms with Gasteiger partial charge in [-0.05, 0) is 43.4 Å². The fourth-order valence-electron chi connectivity index (χ4n) is 6.20. The van der Waals surface area contributed by atoms with Crippen LogP contribution in [0.25, 0.3) is 0 Å². The highest BCUT2D eigenvalue weighted by Gasteiger charge is 2.42. The third kappa shape index (κ3) is 9.26. The first-order valence-corrected chi connectivity index (χ1v) is 19.9. The summed E-state index contributed by atoms with van der Waals surface area (Å²) in [5.41, 5.74) is 1.05. The molecule has 1 heterocycles. The van der Waals surface area contributed by atoms with Gasteiger partial charge in [-0.1, -0.05) is 75.9 Å². The Morgan fingerprint density at radius 2 is 1.71 bits per heavy atom. The number of para-hydroxylation sites is 1. The van der Waals surface area contributed by atoms with Gasteiger partial charge in [0, 0.05) is 41.6 Å². The smallest absolute Gasteiger partial charge is 0.258 e. The van der Waals surface area contributed by atoms with Gasteiger partial charge in [0.25, 0.3) is 5.91 Å². The number of hydrogen-bond acceptors (Lipinski definition) is 8. The number of amides is 2. The molecule has 2 amide bonds. The first-order chi connectivity index (χ1) is 23.1. The molecule has 4 rings (SSSR count). The van der Waals surface area contributed by atoms with Crippen LogP contribution in [-0.2, 0) is 19.4 Å². The molecule has 0 saturated heterocycles. The van der Waals surface area contributed by atoms with Gasteiger partial charge in [0.15, 0.2) is 16.4 Å². The fourth-order valence-corrected chi connectivity index (χ4v) is 8.98. The monoisotopic (exact) mass is 715 g/mol. The van der Waals surface area contributed by atoms with Crippen molar-refractivity contribution in [2.75, 3.05) is 42.4 Å². The zero-order valence-electron chi connectivity index (χ0n) is 27.8. The van der Waals surface area contributed by atoms with Gasteiger partial charge >= 0.3 is 0 Å². The number of nitrogens with zero attached hydrogens (tertiary/aromatic N) is 1. The number of benzene rings is 3. The van der Waals surface area contributed by atoms with Crippen LogP contribution >= 0.6 is 24.4 Å². The molecule has 0 aliphatic carbocycles. The SMILES string of the molecule is CCCCC1(CCCC)CN(c2ccccc2)c2cc(SC)c(OCC(=O)N[C@@H](C(=O)NCCS)c3ccccc3F)cc2S(=O)(=O)C1. The Labute approximate surface area is 293 Å². The second-order valence-electron chi connectivity index (χ2n) is 12.2. The fraction of sp³-hybridized carbons (Fsp3) is 0.444. The summed E-state index contributed by atoms with van der Waals surface area (Å²) in [6, 6.07) is 17.6. The van der Waals surface area contributed by atoms with E-state index in [-0.39, 0.29) is 28.5 Å². The van der Waals surface area contributed by atoms with Crippen molar-refractivity contribution in [3.8, 4) is 5.75 Å². The Kier molecular flexibility index (Phi) is 13.7. The van der Waals surface area contributed by atoms with Crippen molar-refractivity contribution in [1.82, 2.24) is 10.6 Å². The molecule has 2 N–H and O–H groups in total. The summed E-state index contributed by atoms with van der Waals surface area (Å²) in [6.07, 6.45) is 7.25. The Morgan fingerprint density at radius 3 is 2.33 bits per heavy atom. The number of hydrogen-bond donors (Lipinski definition) is 3. The van der Waals surface area contributed by atoms with Crippen molar-refractivity contribution in [1.29, 1.82) is 0 Å². The number of carbonyl (C=O) groups excluding carboxylic acids is 2. The average Bonchev–Trinajstić information content (AvgIpc) is 3.18. The van der Waals surface area contributed by atoms with Crippen molar-refractivity contribution in [3.05, 3.63) is 78.1 Å². The number of anilines is 2. The van der Waals surface area contributed by atoms with Gasteiger partial charge in [-0.25, -0.2) is 12.8 Å². The van der Waals surface area contributed by atoms with Crippen LogP contribution in [0.4, 0.5) is 15.8 Å². The molecule has 8 nitrogen and oxygen atoms in total. The number of carbonyl (C=O) groups is 2. The van der Waals surface area contributed by atoms with Gasteiger partial charge in [0.1, 0.15) is 17.6 Å². The molecule has 12 heteroatoms. The van der Waals surface area contributed by atoms with Gasteiger partial charge < -0.3 is 20.3 Å². The first kappa shape index (κ1) is 37.6. The normalized spacial score (nSPS) is 15.6.